The molecule has 166 valence electrons. The molecule has 0 unspecified atom stereocenters. The number of rotatable bonds is 10. The first-order valence-electron chi connectivity index (χ1n) is 11.7. The lowest BCUT2D eigenvalue weighted by Gasteiger charge is -2.46. The number of likely N-dealkylation sites (tertiary alicyclic amines) is 1. The normalized spacial score (nSPS) is 17.4. The van der Waals surface area contributed by atoms with Crippen LogP contribution in [-0.2, 0) is 4.79 Å². The zero-order valence-electron chi connectivity index (χ0n) is 18.3. The average molecular weight is 434 g/mol. The molecular weight excluding hydrogens is 398 g/mol. The summed E-state index contributed by atoms with van der Waals surface area (Å²) in [5.74, 6) is 0.174. The summed E-state index contributed by atoms with van der Waals surface area (Å²) in [6, 6.07) is 5.28. The van der Waals surface area contributed by atoms with E-state index in [1.807, 2.05) is 4.90 Å². The number of benzene rings is 1. The molecule has 0 atom stereocenters. The Hall–Kier alpha value is -1.75. The van der Waals surface area contributed by atoms with Gasteiger partial charge in [-0.05, 0) is 24.6 Å². The molecule has 1 aromatic carbocycles. The molecule has 0 aromatic heterocycles. The molecule has 0 aliphatic carbocycles. The highest BCUT2D eigenvalue weighted by molar-refractivity contribution is 6.31. The van der Waals surface area contributed by atoms with Gasteiger partial charge >= 0.3 is 0 Å². The highest BCUT2D eigenvalue weighted by Crippen LogP contribution is 2.33. The molecule has 5 nitrogen and oxygen atoms in total. The van der Waals surface area contributed by atoms with Crippen molar-refractivity contribution in [1.29, 1.82) is 0 Å². The quantitative estimate of drug-likeness (QED) is 0.463. The minimum absolute atomic E-state index is 0.0742. The minimum Gasteiger partial charge on any atom is -0.362 e. The second kappa shape index (κ2) is 11.0. The lowest BCUT2D eigenvalue weighted by molar-refractivity contribution is -0.132. The fourth-order valence-electron chi connectivity index (χ4n) is 4.52. The van der Waals surface area contributed by atoms with Crippen LogP contribution in [0.3, 0.4) is 0 Å². The SMILES string of the molecule is CCCCCCCCCCCC(=O)N1CCC2(CC1)NC(=O)c1ccc(Cl)cc1N2. The number of halogens is 1. The summed E-state index contributed by atoms with van der Waals surface area (Å²) >= 11 is 6.10. The number of carbonyl (C=O) groups is 2. The van der Waals surface area contributed by atoms with Gasteiger partial charge in [-0.25, -0.2) is 0 Å². The van der Waals surface area contributed by atoms with Gasteiger partial charge in [0.2, 0.25) is 5.91 Å². The largest absolute Gasteiger partial charge is 0.362 e. The topological polar surface area (TPSA) is 61.4 Å². The third-order valence-electron chi connectivity index (χ3n) is 6.42. The van der Waals surface area contributed by atoms with Crippen molar-refractivity contribution < 1.29 is 9.59 Å². The molecule has 3 rings (SSSR count). The Morgan fingerprint density at radius 3 is 2.30 bits per heavy atom. The first-order chi connectivity index (χ1) is 14.5. The molecule has 1 aromatic rings. The first kappa shape index (κ1) is 22.9. The van der Waals surface area contributed by atoms with E-state index in [4.69, 9.17) is 11.6 Å². The van der Waals surface area contributed by atoms with Gasteiger partial charge in [0.15, 0.2) is 0 Å². The summed E-state index contributed by atoms with van der Waals surface area (Å²) in [6.45, 7) is 3.58. The Kier molecular flexibility index (Phi) is 8.43. The van der Waals surface area contributed by atoms with Crippen molar-refractivity contribution in [3.63, 3.8) is 0 Å². The highest BCUT2D eigenvalue weighted by Gasteiger charge is 2.40. The van der Waals surface area contributed by atoms with Gasteiger partial charge in [0.1, 0.15) is 5.66 Å². The zero-order chi connectivity index (χ0) is 21.4. The van der Waals surface area contributed by atoms with Crippen LogP contribution in [0.2, 0.25) is 5.02 Å². The van der Waals surface area contributed by atoms with Crippen LogP contribution in [-0.4, -0.2) is 35.5 Å². The molecule has 6 heteroatoms. The fraction of sp³-hybridized carbons (Fsp3) is 0.667. The van der Waals surface area contributed by atoms with Gasteiger partial charge in [-0.15, -0.1) is 0 Å². The maximum atomic E-state index is 12.6. The average Bonchev–Trinajstić information content (AvgIpc) is 2.72. The van der Waals surface area contributed by atoms with Crippen LogP contribution in [0.5, 0.6) is 0 Å². The molecule has 2 N–H and O–H groups in total. The number of amides is 2. The maximum Gasteiger partial charge on any atom is 0.255 e. The number of nitrogens with zero attached hydrogens (tertiary/aromatic N) is 1. The van der Waals surface area contributed by atoms with Crippen molar-refractivity contribution in [3.8, 4) is 0 Å². The second-order valence-electron chi connectivity index (χ2n) is 8.81. The van der Waals surface area contributed by atoms with E-state index in [0.717, 1.165) is 18.5 Å². The van der Waals surface area contributed by atoms with Gasteiger partial charge in [0.05, 0.1) is 11.3 Å². The number of piperidine rings is 1. The van der Waals surface area contributed by atoms with Crippen LogP contribution in [0.15, 0.2) is 18.2 Å². The zero-order valence-corrected chi connectivity index (χ0v) is 19.0. The number of nitrogens with one attached hydrogen (secondary N) is 2. The third-order valence-corrected chi connectivity index (χ3v) is 6.65. The van der Waals surface area contributed by atoms with Crippen LogP contribution in [0.1, 0.15) is 94.3 Å². The van der Waals surface area contributed by atoms with Gasteiger partial charge in [0.25, 0.3) is 5.91 Å². The maximum absolute atomic E-state index is 12.6. The molecule has 2 heterocycles. The monoisotopic (exact) mass is 433 g/mol. The molecular formula is C24H36ClN3O2. The van der Waals surface area contributed by atoms with E-state index in [0.29, 0.717) is 42.9 Å². The minimum atomic E-state index is -0.483. The van der Waals surface area contributed by atoms with E-state index in [1.54, 1.807) is 18.2 Å². The van der Waals surface area contributed by atoms with Crippen molar-refractivity contribution in [2.45, 2.75) is 89.6 Å². The van der Waals surface area contributed by atoms with E-state index >= 15 is 0 Å². The van der Waals surface area contributed by atoms with Gasteiger partial charge in [-0.3, -0.25) is 9.59 Å². The summed E-state index contributed by atoms with van der Waals surface area (Å²) < 4.78 is 0. The van der Waals surface area contributed by atoms with E-state index in [9.17, 15) is 9.59 Å². The number of unbranched alkanes of at least 4 members (excludes halogenated alkanes) is 8. The van der Waals surface area contributed by atoms with Gasteiger partial charge in [-0.1, -0.05) is 69.9 Å². The summed E-state index contributed by atoms with van der Waals surface area (Å²) in [4.78, 5) is 27.1. The van der Waals surface area contributed by atoms with E-state index in [2.05, 4.69) is 17.6 Å². The molecule has 1 saturated heterocycles. The third kappa shape index (κ3) is 6.13. The number of anilines is 1. The molecule has 2 aliphatic heterocycles. The molecule has 2 aliphatic rings. The first-order valence-corrected chi connectivity index (χ1v) is 12.1. The standard InChI is InChI=1S/C24H36ClN3O2/c1-2-3-4-5-6-7-8-9-10-11-22(29)28-16-14-24(15-17-28)26-21-18-19(25)12-13-20(21)23(30)27-24/h12-13,18,26H,2-11,14-17H2,1H3,(H,27,30). The Bertz CT molecular complexity index is 729. The fourth-order valence-corrected chi connectivity index (χ4v) is 4.70. The van der Waals surface area contributed by atoms with E-state index < -0.39 is 5.66 Å². The lowest BCUT2D eigenvalue weighted by Crippen LogP contribution is -2.62. The molecule has 0 radical (unpaired) electrons. The van der Waals surface area contributed by atoms with Crippen LogP contribution in [0.4, 0.5) is 5.69 Å². The van der Waals surface area contributed by atoms with Crippen LogP contribution in [0.25, 0.3) is 0 Å². The number of fused-ring (bicyclic) bond motifs is 1. The Balaban J connectivity index is 1.36. The molecule has 0 bridgehead atoms. The molecule has 1 spiro atoms. The van der Waals surface area contributed by atoms with E-state index in [1.165, 1.54) is 44.9 Å². The van der Waals surface area contributed by atoms with Gasteiger partial charge in [-0.2, -0.15) is 0 Å². The van der Waals surface area contributed by atoms with Crippen molar-refractivity contribution in [1.82, 2.24) is 10.2 Å². The predicted molar refractivity (Wildman–Crippen MR) is 123 cm³/mol. The van der Waals surface area contributed by atoms with Crippen molar-refractivity contribution in [3.05, 3.63) is 28.8 Å². The van der Waals surface area contributed by atoms with E-state index in [-0.39, 0.29) is 11.8 Å². The summed E-state index contributed by atoms with van der Waals surface area (Å²) in [5.41, 5.74) is 0.915. The van der Waals surface area contributed by atoms with Crippen LogP contribution < -0.4 is 10.6 Å². The van der Waals surface area contributed by atoms with Crippen molar-refractivity contribution in [2.24, 2.45) is 0 Å². The highest BCUT2D eigenvalue weighted by atomic mass is 35.5. The summed E-state index contributed by atoms with van der Waals surface area (Å²) in [6.07, 6.45) is 13.4. The Morgan fingerprint density at radius 1 is 1.00 bits per heavy atom. The summed E-state index contributed by atoms with van der Waals surface area (Å²) in [7, 11) is 0. The van der Waals surface area contributed by atoms with Crippen molar-refractivity contribution in [2.75, 3.05) is 18.4 Å². The number of hydrogen-bond donors (Lipinski definition) is 2. The van der Waals surface area contributed by atoms with Crippen LogP contribution in [0, 0.1) is 0 Å². The predicted octanol–water partition coefficient (Wildman–Crippen LogP) is 5.73. The Labute approximate surface area is 185 Å². The van der Waals surface area contributed by atoms with Gasteiger partial charge in [0, 0.05) is 37.4 Å². The van der Waals surface area contributed by atoms with Gasteiger partial charge < -0.3 is 15.5 Å². The molecule has 30 heavy (non-hydrogen) atoms. The smallest absolute Gasteiger partial charge is 0.255 e. The van der Waals surface area contributed by atoms with Crippen molar-refractivity contribution >= 4 is 29.1 Å². The molecule has 2 amide bonds. The lowest BCUT2D eigenvalue weighted by atomic mass is 9.92. The molecule has 1 fully saturated rings. The van der Waals surface area contributed by atoms with Crippen LogP contribution >= 0.6 is 11.6 Å². The summed E-state index contributed by atoms with van der Waals surface area (Å²) in [5, 5.41) is 7.20. The second-order valence-corrected chi connectivity index (χ2v) is 9.25. The number of carbonyl (C=O) groups excluding carboxylic acids is 2. The number of hydrogen-bond acceptors (Lipinski definition) is 3. The Morgan fingerprint density at radius 2 is 1.63 bits per heavy atom. The molecule has 0 saturated carbocycles.